The highest BCUT2D eigenvalue weighted by molar-refractivity contribution is 7.71. The maximum Gasteiger partial charge on any atom is 0.121 e. The summed E-state index contributed by atoms with van der Waals surface area (Å²) in [6.45, 7) is 2.64. The molecular weight excluding hydrogens is 220 g/mol. The molecule has 4 heteroatoms. The molecule has 3 nitrogen and oxygen atoms in total. The standard InChI is InChI=1S/C12H12N2OS/c1-2-15-10-5-3-9(4-6-10)11-7-14-12(16)8-13-11/h3-8H,2H2,1H3,(H,14,16). The zero-order valence-corrected chi connectivity index (χ0v) is 9.75. The van der Waals surface area contributed by atoms with Gasteiger partial charge in [-0.2, -0.15) is 0 Å². The maximum atomic E-state index is 5.37. The van der Waals surface area contributed by atoms with Gasteiger partial charge in [0.05, 0.1) is 18.5 Å². The van der Waals surface area contributed by atoms with Crippen molar-refractivity contribution in [2.45, 2.75) is 6.92 Å². The van der Waals surface area contributed by atoms with Gasteiger partial charge in [0.2, 0.25) is 0 Å². The van der Waals surface area contributed by atoms with Crippen molar-refractivity contribution >= 4 is 12.2 Å². The van der Waals surface area contributed by atoms with E-state index >= 15 is 0 Å². The number of nitrogens with one attached hydrogen (secondary N) is 1. The summed E-state index contributed by atoms with van der Waals surface area (Å²) in [7, 11) is 0. The third-order valence-corrected chi connectivity index (χ3v) is 2.36. The van der Waals surface area contributed by atoms with Crippen LogP contribution < -0.4 is 4.74 Å². The molecule has 0 fully saturated rings. The fraction of sp³-hybridized carbons (Fsp3) is 0.167. The third kappa shape index (κ3) is 2.46. The maximum absolute atomic E-state index is 5.37. The number of aromatic nitrogens is 2. The zero-order valence-electron chi connectivity index (χ0n) is 8.93. The number of benzene rings is 1. The van der Waals surface area contributed by atoms with Crippen LogP contribution in [0.15, 0.2) is 36.7 Å². The van der Waals surface area contributed by atoms with Crippen molar-refractivity contribution in [1.82, 2.24) is 9.97 Å². The van der Waals surface area contributed by atoms with Crippen molar-refractivity contribution < 1.29 is 4.74 Å². The topological polar surface area (TPSA) is 37.9 Å². The van der Waals surface area contributed by atoms with Crippen molar-refractivity contribution in [3.8, 4) is 17.0 Å². The summed E-state index contributed by atoms with van der Waals surface area (Å²) >= 11 is 4.94. The summed E-state index contributed by atoms with van der Waals surface area (Å²) in [5, 5.41) is 0. The highest BCUT2D eigenvalue weighted by Gasteiger charge is 1.98. The first-order valence-electron chi connectivity index (χ1n) is 5.07. The fourth-order valence-corrected chi connectivity index (χ4v) is 1.50. The first kappa shape index (κ1) is 10.8. The van der Waals surface area contributed by atoms with Gasteiger partial charge >= 0.3 is 0 Å². The average Bonchev–Trinajstić information content (AvgIpc) is 2.32. The molecule has 2 rings (SSSR count). The van der Waals surface area contributed by atoms with Crippen LogP contribution in [0.5, 0.6) is 5.75 Å². The Labute approximate surface area is 99.1 Å². The number of H-pyrrole nitrogens is 1. The molecule has 0 saturated carbocycles. The number of hydrogen-bond acceptors (Lipinski definition) is 3. The molecule has 0 spiro atoms. The molecule has 0 unspecified atom stereocenters. The predicted molar refractivity (Wildman–Crippen MR) is 66.0 cm³/mol. The Bertz CT molecular complexity index is 499. The quantitative estimate of drug-likeness (QED) is 0.826. The van der Waals surface area contributed by atoms with Crippen molar-refractivity contribution in [1.29, 1.82) is 0 Å². The highest BCUT2D eigenvalue weighted by Crippen LogP contribution is 2.19. The molecule has 1 N–H and O–H groups in total. The molecule has 0 amide bonds. The molecule has 0 aliphatic carbocycles. The van der Waals surface area contributed by atoms with Crippen molar-refractivity contribution in [3.63, 3.8) is 0 Å². The van der Waals surface area contributed by atoms with Gasteiger partial charge in [-0.25, -0.2) is 0 Å². The number of hydrogen-bond donors (Lipinski definition) is 1. The van der Waals surface area contributed by atoms with E-state index in [1.54, 1.807) is 12.4 Å². The van der Waals surface area contributed by atoms with Crippen molar-refractivity contribution in [2.24, 2.45) is 0 Å². The van der Waals surface area contributed by atoms with E-state index in [1.807, 2.05) is 31.2 Å². The Balaban J connectivity index is 2.27. The predicted octanol–water partition coefficient (Wildman–Crippen LogP) is 3.20. The molecule has 1 aromatic carbocycles. The molecular formula is C12H12N2OS. The van der Waals surface area contributed by atoms with Crippen LogP contribution in [0.3, 0.4) is 0 Å². The lowest BCUT2D eigenvalue weighted by Crippen LogP contribution is -1.91. The molecule has 0 radical (unpaired) electrons. The summed E-state index contributed by atoms with van der Waals surface area (Å²) in [5.41, 5.74) is 1.91. The second kappa shape index (κ2) is 4.90. The molecule has 0 aliphatic rings. The van der Waals surface area contributed by atoms with Crippen LogP contribution in [0.1, 0.15) is 6.92 Å². The first-order valence-corrected chi connectivity index (χ1v) is 5.48. The van der Waals surface area contributed by atoms with E-state index in [9.17, 15) is 0 Å². The summed E-state index contributed by atoms with van der Waals surface area (Å²) in [6.07, 6.45) is 3.44. The summed E-state index contributed by atoms with van der Waals surface area (Å²) < 4.78 is 6.00. The fourth-order valence-electron chi connectivity index (χ4n) is 1.39. The van der Waals surface area contributed by atoms with Gasteiger partial charge in [0, 0.05) is 11.8 Å². The van der Waals surface area contributed by atoms with Crippen molar-refractivity contribution in [3.05, 3.63) is 41.3 Å². The molecule has 1 aromatic heterocycles. The monoisotopic (exact) mass is 232 g/mol. The van der Waals surface area contributed by atoms with Crippen LogP contribution in [0.25, 0.3) is 11.3 Å². The number of ether oxygens (including phenoxy) is 1. The SMILES string of the molecule is CCOc1ccc(-c2c[nH]c(=S)cn2)cc1. The minimum atomic E-state index is 0.634. The van der Waals surface area contributed by atoms with E-state index in [4.69, 9.17) is 17.0 Å². The molecule has 0 saturated heterocycles. The number of rotatable bonds is 3. The second-order valence-corrected chi connectivity index (χ2v) is 3.69. The van der Waals surface area contributed by atoms with E-state index in [1.165, 1.54) is 0 Å². The van der Waals surface area contributed by atoms with Crippen LogP contribution in [-0.2, 0) is 0 Å². The van der Waals surface area contributed by atoms with Crippen LogP contribution in [0.2, 0.25) is 0 Å². The largest absolute Gasteiger partial charge is 0.494 e. The zero-order chi connectivity index (χ0) is 11.4. The average molecular weight is 232 g/mol. The summed E-state index contributed by atoms with van der Waals surface area (Å²) in [4.78, 5) is 7.21. The van der Waals surface area contributed by atoms with Gasteiger partial charge in [-0.1, -0.05) is 12.2 Å². The van der Waals surface area contributed by atoms with E-state index in [0.29, 0.717) is 11.2 Å². The van der Waals surface area contributed by atoms with Crippen LogP contribution in [0.4, 0.5) is 0 Å². The van der Waals surface area contributed by atoms with E-state index in [0.717, 1.165) is 17.0 Å². The van der Waals surface area contributed by atoms with Crippen LogP contribution in [0, 0.1) is 4.64 Å². The van der Waals surface area contributed by atoms with E-state index in [2.05, 4.69) is 9.97 Å². The molecule has 0 aliphatic heterocycles. The lowest BCUT2D eigenvalue weighted by atomic mass is 10.1. The second-order valence-electron chi connectivity index (χ2n) is 3.25. The number of nitrogens with zero attached hydrogens (tertiary/aromatic N) is 1. The van der Waals surface area contributed by atoms with Gasteiger partial charge in [0.15, 0.2) is 0 Å². The molecule has 0 bridgehead atoms. The molecule has 0 atom stereocenters. The number of aromatic amines is 1. The molecule has 1 heterocycles. The van der Waals surface area contributed by atoms with Gasteiger partial charge in [-0.15, -0.1) is 0 Å². The van der Waals surface area contributed by atoms with Crippen LogP contribution >= 0.6 is 12.2 Å². The van der Waals surface area contributed by atoms with E-state index in [-0.39, 0.29) is 0 Å². The Hall–Kier alpha value is -1.68. The Morgan fingerprint density at radius 1 is 1.31 bits per heavy atom. The third-order valence-electron chi connectivity index (χ3n) is 2.13. The Morgan fingerprint density at radius 2 is 2.06 bits per heavy atom. The first-order chi connectivity index (χ1) is 7.79. The van der Waals surface area contributed by atoms with Crippen LogP contribution in [-0.4, -0.2) is 16.6 Å². The van der Waals surface area contributed by atoms with Crippen molar-refractivity contribution in [2.75, 3.05) is 6.61 Å². The molecule has 16 heavy (non-hydrogen) atoms. The normalized spacial score (nSPS) is 10.1. The smallest absolute Gasteiger partial charge is 0.121 e. The highest BCUT2D eigenvalue weighted by atomic mass is 32.1. The Kier molecular flexibility index (Phi) is 3.31. The lowest BCUT2D eigenvalue weighted by molar-refractivity contribution is 0.340. The molecule has 2 aromatic rings. The van der Waals surface area contributed by atoms with Gasteiger partial charge < -0.3 is 9.72 Å². The molecule has 82 valence electrons. The Morgan fingerprint density at radius 3 is 2.62 bits per heavy atom. The van der Waals surface area contributed by atoms with E-state index < -0.39 is 0 Å². The van der Waals surface area contributed by atoms with Gasteiger partial charge in [-0.3, -0.25) is 4.98 Å². The van der Waals surface area contributed by atoms with Gasteiger partial charge in [0.25, 0.3) is 0 Å². The van der Waals surface area contributed by atoms with Gasteiger partial charge in [0.1, 0.15) is 10.4 Å². The summed E-state index contributed by atoms with van der Waals surface area (Å²) in [5.74, 6) is 0.870. The minimum absolute atomic E-state index is 0.634. The summed E-state index contributed by atoms with van der Waals surface area (Å²) in [6, 6.07) is 7.82. The minimum Gasteiger partial charge on any atom is -0.494 e. The lowest BCUT2D eigenvalue weighted by Gasteiger charge is -2.04. The van der Waals surface area contributed by atoms with Gasteiger partial charge in [-0.05, 0) is 31.2 Å².